The van der Waals surface area contributed by atoms with E-state index in [0.29, 0.717) is 6.54 Å². The lowest BCUT2D eigenvalue weighted by Crippen LogP contribution is -1.98. The molecule has 1 saturated carbocycles. The van der Waals surface area contributed by atoms with Crippen molar-refractivity contribution in [1.82, 2.24) is 0 Å². The Kier molecular flexibility index (Phi) is 2.06. The second-order valence-electron chi connectivity index (χ2n) is 2.51. The molecule has 0 spiro atoms. The van der Waals surface area contributed by atoms with Gasteiger partial charge in [0.1, 0.15) is 0 Å². The second kappa shape index (κ2) is 2.84. The van der Waals surface area contributed by atoms with Gasteiger partial charge in [0.25, 0.3) is 0 Å². The molecule has 56 valence electrons. The molecular formula is C7H11NO2. The first kappa shape index (κ1) is 7.28. The Morgan fingerprint density at radius 3 is 2.90 bits per heavy atom. The van der Waals surface area contributed by atoms with Crippen molar-refractivity contribution in [3.8, 4) is 0 Å². The highest BCUT2D eigenvalue weighted by Crippen LogP contribution is 2.39. The van der Waals surface area contributed by atoms with Gasteiger partial charge < -0.3 is 10.8 Å². The van der Waals surface area contributed by atoms with Gasteiger partial charge >= 0.3 is 5.97 Å². The first-order valence-electron chi connectivity index (χ1n) is 3.35. The third-order valence-corrected chi connectivity index (χ3v) is 1.68. The average molecular weight is 141 g/mol. The van der Waals surface area contributed by atoms with Gasteiger partial charge in [-0.3, -0.25) is 4.79 Å². The van der Waals surface area contributed by atoms with E-state index in [-0.39, 0.29) is 11.8 Å². The molecule has 0 bridgehead atoms. The van der Waals surface area contributed by atoms with Crippen LogP contribution in [0.2, 0.25) is 0 Å². The summed E-state index contributed by atoms with van der Waals surface area (Å²) in [6, 6.07) is 0. The SMILES string of the molecule is NC/C=C/C1CC1C(=O)O. The molecule has 0 aromatic carbocycles. The summed E-state index contributed by atoms with van der Waals surface area (Å²) >= 11 is 0. The van der Waals surface area contributed by atoms with Gasteiger partial charge in [-0.2, -0.15) is 0 Å². The van der Waals surface area contributed by atoms with Gasteiger partial charge in [-0.05, 0) is 12.3 Å². The molecule has 2 unspecified atom stereocenters. The molecule has 2 atom stereocenters. The predicted octanol–water partition coefficient (Wildman–Crippen LogP) is 0.222. The summed E-state index contributed by atoms with van der Waals surface area (Å²) in [4.78, 5) is 10.3. The Bertz CT molecular complexity index is 165. The van der Waals surface area contributed by atoms with Crippen LogP contribution in [0.5, 0.6) is 0 Å². The van der Waals surface area contributed by atoms with Crippen molar-refractivity contribution in [1.29, 1.82) is 0 Å². The van der Waals surface area contributed by atoms with Crippen molar-refractivity contribution >= 4 is 5.97 Å². The summed E-state index contributed by atoms with van der Waals surface area (Å²) in [5.74, 6) is -0.574. The van der Waals surface area contributed by atoms with E-state index in [9.17, 15) is 4.79 Å². The van der Waals surface area contributed by atoms with E-state index in [2.05, 4.69) is 0 Å². The maximum atomic E-state index is 10.3. The molecule has 10 heavy (non-hydrogen) atoms. The zero-order chi connectivity index (χ0) is 7.56. The van der Waals surface area contributed by atoms with E-state index >= 15 is 0 Å². The summed E-state index contributed by atoms with van der Waals surface area (Å²) in [6.07, 6.45) is 4.48. The zero-order valence-corrected chi connectivity index (χ0v) is 5.66. The number of aliphatic carboxylic acids is 1. The van der Waals surface area contributed by atoms with Gasteiger partial charge in [-0.25, -0.2) is 0 Å². The Hall–Kier alpha value is -0.830. The third-order valence-electron chi connectivity index (χ3n) is 1.68. The minimum absolute atomic E-state index is 0.136. The van der Waals surface area contributed by atoms with E-state index in [1.807, 2.05) is 12.2 Å². The van der Waals surface area contributed by atoms with Gasteiger partial charge in [-0.15, -0.1) is 0 Å². The number of carbonyl (C=O) groups is 1. The monoisotopic (exact) mass is 141 g/mol. The topological polar surface area (TPSA) is 63.3 Å². The number of hydrogen-bond donors (Lipinski definition) is 2. The van der Waals surface area contributed by atoms with Crippen molar-refractivity contribution in [2.45, 2.75) is 6.42 Å². The lowest BCUT2D eigenvalue weighted by Gasteiger charge is -1.84. The Morgan fingerprint density at radius 2 is 2.50 bits per heavy atom. The van der Waals surface area contributed by atoms with Crippen LogP contribution in [0.4, 0.5) is 0 Å². The molecule has 0 aromatic rings. The van der Waals surface area contributed by atoms with Gasteiger partial charge in [0.2, 0.25) is 0 Å². The molecule has 0 amide bonds. The number of nitrogens with two attached hydrogens (primary N) is 1. The first-order valence-corrected chi connectivity index (χ1v) is 3.35. The van der Waals surface area contributed by atoms with E-state index in [0.717, 1.165) is 6.42 Å². The van der Waals surface area contributed by atoms with E-state index < -0.39 is 5.97 Å². The van der Waals surface area contributed by atoms with Crippen molar-refractivity contribution in [3.63, 3.8) is 0 Å². The third kappa shape index (κ3) is 1.57. The van der Waals surface area contributed by atoms with Gasteiger partial charge in [-0.1, -0.05) is 12.2 Å². The molecule has 0 aromatic heterocycles. The number of carboxylic acid groups (broad SMARTS) is 1. The summed E-state index contributed by atoms with van der Waals surface area (Å²) < 4.78 is 0. The molecule has 0 saturated heterocycles. The minimum Gasteiger partial charge on any atom is -0.481 e. The normalized spacial score (nSPS) is 30.9. The Morgan fingerprint density at radius 1 is 1.80 bits per heavy atom. The van der Waals surface area contributed by atoms with Crippen molar-refractivity contribution < 1.29 is 9.90 Å². The number of hydrogen-bond acceptors (Lipinski definition) is 2. The van der Waals surface area contributed by atoms with Crippen molar-refractivity contribution in [3.05, 3.63) is 12.2 Å². The van der Waals surface area contributed by atoms with Crippen molar-refractivity contribution in [2.75, 3.05) is 6.54 Å². The fourth-order valence-electron chi connectivity index (χ4n) is 0.965. The predicted molar refractivity (Wildman–Crippen MR) is 37.4 cm³/mol. The Labute approximate surface area is 59.5 Å². The molecule has 3 nitrogen and oxygen atoms in total. The molecule has 3 N–H and O–H groups in total. The van der Waals surface area contributed by atoms with E-state index in [1.54, 1.807) is 0 Å². The molecule has 3 heteroatoms. The van der Waals surface area contributed by atoms with Crippen LogP contribution in [0.3, 0.4) is 0 Å². The van der Waals surface area contributed by atoms with Crippen LogP contribution in [0.25, 0.3) is 0 Å². The lowest BCUT2D eigenvalue weighted by atomic mass is 10.3. The van der Waals surface area contributed by atoms with Crippen LogP contribution < -0.4 is 5.73 Å². The molecule has 1 aliphatic rings. The van der Waals surface area contributed by atoms with Crippen LogP contribution in [0.1, 0.15) is 6.42 Å². The summed E-state index contributed by atoms with van der Waals surface area (Å²) in [7, 11) is 0. The number of allylic oxidation sites excluding steroid dienone is 1. The highest BCUT2D eigenvalue weighted by molar-refractivity contribution is 5.73. The maximum absolute atomic E-state index is 10.3. The number of carboxylic acids is 1. The van der Waals surface area contributed by atoms with Gasteiger partial charge in [0.15, 0.2) is 0 Å². The molecule has 0 aliphatic heterocycles. The smallest absolute Gasteiger partial charge is 0.307 e. The minimum atomic E-state index is -0.688. The van der Waals surface area contributed by atoms with Gasteiger partial charge in [0.05, 0.1) is 5.92 Å². The molecule has 1 aliphatic carbocycles. The van der Waals surface area contributed by atoms with E-state index in [1.165, 1.54) is 0 Å². The van der Waals surface area contributed by atoms with Crippen LogP contribution >= 0.6 is 0 Å². The molecule has 0 heterocycles. The van der Waals surface area contributed by atoms with Crippen LogP contribution in [-0.2, 0) is 4.79 Å². The first-order chi connectivity index (χ1) is 4.75. The molecular weight excluding hydrogens is 130 g/mol. The highest BCUT2D eigenvalue weighted by atomic mass is 16.4. The molecule has 0 radical (unpaired) electrons. The second-order valence-corrected chi connectivity index (χ2v) is 2.51. The van der Waals surface area contributed by atoms with Crippen molar-refractivity contribution in [2.24, 2.45) is 17.6 Å². The Balaban J connectivity index is 2.25. The zero-order valence-electron chi connectivity index (χ0n) is 5.66. The number of rotatable bonds is 3. The van der Waals surface area contributed by atoms with Crippen LogP contribution in [-0.4, -0.2) is 17.6 Å². The lowest BCUT2D eigenvalue weighted by molar-refractivity contribution is -0.138. The maximum Gasteiger partial charge on any atom is 0.307 e. The standard InChI is InChI=1S/C7H11NO2/c8-3-1-2-5-4-6(5)7(9)10/h1-2,5-6H,3-4,8H2,(H,9,10)/b2-1+. The summed E-state index contributed by atoms with van der Waals surface area (Å²) in [6.45, 7) is 0.503. The van der Waals surface area contributed by atoms with Crippen LogP contribution in [0, 0.1) is 11.8 Å². The molecule has 1 rings (SSSR count). The highest BCUT2D eigenvalue weighted by Gasteiger charge is 2.40. The quantitative estimate of drug-likeness (QED) is 0.553. The largest absolute Gasteiger partial charge is 0.481 e. The van der Waals surface area contributed by atoms with Crippen LogP contribution in [0.15, 0.2) is 12.2 Å². The fraction of sp³-hybridized carbons (Fsp3) is 0.571. The average Bonchev–Trinajstić information content (AvgIpc) is 2.62. The van der Waals surface area contributed by atoms with Gasteiger partial charge in [0, 0.05) is 6.54 Å². The summed E-state index contributed by atoms with van der Waals surface area (Å²) in [5.41, 5.74) is 5.19. The fourth-order valence-corrected chi connectivity index (χ4v) is 0.965. The van der Waals surface area contributed by atoms with E-state index in [4.69, 9.17) is 10.8 Å². The summed E-state index contributed by atoms with van der Waals surface area (Å²) in [5, 5.41) is 8.46. The molecule has 1 fully saturated rings.